The molecule has 10 rings (SSSR count). The molecule has 5 unspecified atom stereocenters. The van der Waals surface area contributed by atoms with Crippen LogP contribution in [-0.2, 0) is 109 Å². The Kier molecular flexibility index (Phi) is 35.4. The number of benzene rings is 5. The summed E-state index contributed by atoms with van der Waals surface area (Å²) in [6.07, 6.45) is -0.486. The van der Waals surface area contributed by atoms with Gasteiger partial charge in [-0.15, -0.1) is 16.9 Å². The van der Waals surface area contributed by atoms with Crippen LogP contribution in [0.5, 0.6) is 0 Å². The number of nitrogens with zero attached hydrogens (tertiary/aromatic N) is 5. The van der Waals surface area contributed by atoms with Gasteiger partial charge in [0.05, 0.1) is 62.4 Å². The minimum absolute atomic E-state index is 0.0172. The Morgan fingerprint density at radius 1 is 0.551 bits per heavy atom. The molecule has 0 saturated carbocycles. The highest BCUT2D eigenvalue weighted by Crippen LogP contribution is 2.41. The zero-order valence-corrected chi connectivity index (χ0v) is 69.7. The second-order valence-electron chi connectivity index (χ2n) is 29.7. The molecule has 674 valence electrons. The summed E-state index contributed by atoms with van der Waals surface area (Å²) < 4.78 is 7.45. The number of ether oxygens (including phenoxy) is 1. The van der Waals surface area contributed by atoms with Crippen molar-refractivity contribution in [3.63, 3.8) is 0 Å². The number of nitrogens with one attached hydrogen (secondary N) is 14. The lowest BCUT2D eigenvalue weighted by atomic mass is 9.95. The number of aromatic nitrogens is 5. The third-order valence-electron chi connectivity index (χ3n) is 20.7. The molecule has 5 heterocycles. The number of aromatic amines is 2. The molecular weight excluding hydrogens is 1670 g/mol. The molecule has 3 aromatic heterocycles. The van der Waals surface area contributed by atoms with Crippen LogP contribution in [0.3, 0.4) is 0 Å². The summed E-state index contributed by atoms with van der Waals surface area (Å²) in [5.41, 5.74) is 24.2. The molecule has 2 aliphatic heterocycles. The van der Waals surface area contributed by atoms with Crippen molar-refractivity contribution in [1.29, 1.82) is 0 Å². The third kappa shape index (κ3) is 27.5. The Morgan fingerprint density at radius 3 is 1.83 bits per heavy atom. The van der Waals surface area contributed by atoms with E-state index in [4.69, 9.17) is 21.3 Å². The van der Waals surface area contributed by atoms with Crippen LogP contribution in [0.15, 0.2) is 140 Å². The maximum Gasteiger partial charge on any atom is 0.327 e. The summed E-state index contributed by atoms with van der Waals surface area (Å²) in [5, 5.41) is 73.1. The number of urea groups is 1. The van der Waals surface area contributed by atoms with E-state index < -0.39 is 194 Å². The lowest BCUT2D eigenvalue weighted by Crippen LogP contribution is -2.57. The number of hydrazine groups is 1. The largest absolute Gasteiger partial charge is 0.481 e. The predicted molar refractivity (Wildman–Crippen MR) is 460 cm³/mol. The molecule has 0 bridgehead atoms. The quantitative estimate of drug-likeness (QED) is 0.0122. The first-order chi connectivity index (χ1) is 61.2. The first-order valence-electron chi connectivity index (χ1n) is 40.9. The van der Waals surface area contributed by atoms with Crippen LogP contribution in [0.25, 0.3) is 44.3 Å². The van der Waals surface area contributed by atoms with E-state index in [0.29, 0.717) is 92.7 Å². The van der Waals surface area contributed by atoms with E-state index in [-0.39, 0.29) is 77.3 Å². The van der Waals surface area contributed by atoms with Gasteiger partial charge in [-0.25, -0.2) is 24.5 Å². The summed E-state index contributed by atoms with van der Waals surface area (Å²) in [7, 11) is 0. The zero-order valence-electron chi connectivity index (χ0n) is 68.9. The first-order valence-corrected chi connectivity index (χ1v) is 41.9. The number of carbonyl (C=O) groups is 16. The number of hydrogen-bond acceptors (Lipinski definition) is 24. The summed E-state index contributed by atoms with van der Waals surface area (Å²) in [6, 6.07) is 26.1. The van der Waals surface area contributed by atoms with Gasteiger partial charge >= 0.3 is 29.9 Å². The summed E-state index contributed by atoms with van der Waals surface area (Å²) in [4.78, 5) is 221. The third-order valence-corrected chi connectivity index (χ3v) is 22.0. The van der Waals surface area contributed by atoms with Crippen molar-refractivity contribution < 1.29 is 102 Å². The molecule has 0 spiro atoms. The van der Waals surface area contributed by atoms with Crippen molar-refractivity contribution in [3.8, 4) is 22.5 Å². The van der Waals surface area contributed by atoms with E-state index in [1.807, 2.05) is 53.2 Å². The van der Waals surface area contributed by atoms with Gasteiger partial charge < -0.3 is 105 Å². The molecular formula is C84H101N21O21S. The maximum absolute atomic E-state index is 14.9. The molecule has 43 heteroatoms. The molecule has 127 heavy (non-hydrogen) atoms. The lowest BCUT2D eigenvalue weighted by molar-refractivity contribution is -0.146. The lowest BCUT2D eigenvalue weighted by Gasteiger charge is -2.28. The van der Waals surface area contributed by atoms with Gasteiger partial charge in [-0.2, -0.15) is 0 Å². The average Bonchev–Trinajstić information content (AvgIpc) is 1.66. The van der Waals surface area contributed by atoms with E-state index in [9.17, 15) is 92.0 Å². The van der Waals surface area contributed by atoms with Crippen molar-refractivity contribution in [3.05, 3.63) is 162 Å². The summed E-state index contributed by atoms with van der Waals surface area (Å²) >= 11 is 0.710. The van der Waals surface area contributed by atoms with Crippen LogP contribution in [-0.4, -0.2) is 264 Å². The molecule has 0 aliphatic carbocycles. The van der Waals surface area contributed by atoms with Crippen LogP contribution in [0.1, 0.15) is 73.6 Å². The van der Waals surface area contributed by atoms with Crippen molar-refractivity contribution in [2.75, 3.05) is 76.2 Å². The smallest absolute Gasteiger partial charge is 0.327 e. The second kappa shape index (κ2) is 47.2. The number of imide groups is 1. The fourth-order valence-electron chi connectivity index (χ4n) is 14.3. The minimum Gasteiger partial charge on any atom is -0.481 e. The van der Waals surface area contributed by atoms with Gasteiger partial charge in [0, 0.05) is 141 Å². The monoisotopic (exact) mass is 1770 g/mol. The normalized spacial score (nSPS) is 14.5. The molecule has 5 aromatic carbocycles. The van der Waals surface area contributed by atoms with E-state index in [0.717, 1.165) is 22.4 Å². The van der Waals surface area contributed by atoms with Crippen LogP contribution in [0.2, 0.25) is 0 Å². The fourth-order valence-corrected chi connectivity index (χ4v) is 15.5. The summed E-state index contributed by atoms with van der Waals surface area (Å²) in [5.74, 6) is -14.9. The molecule has 0 radical (unpaired) electrons. The number of rotatable bonds is 50. The molecule has 8 atom stereocenters. The highest BCUT2D eigenvalue weighted by molar-refractivity contribution is 8.00. The topological polar surface area (TPSA) is 628 Å². The SMILES string of the molecule is NCCNCCn1nnc2c1-c1ccccc1CN(C(=O)CCNC(=O)CCOCCNC(=O)[C@@H](CN)N1C(=O)CC(SCC(NC(=O)CNC(=O)C(Cc3c[nH]c4ccccc34)NC(=O)C(Cc3c[nH]c4ccccc34)NC(=O)CNC(=O)C(Cc3ccccc3)NNC(=O)CC[C@@H](CC(=O)O)NC(=O)N[C@@H](CCC(=O)O)C(=O)O)C(=O)O)C1=O)c1ccccc1-2. The number of nitrogens with two attached hydrogens (primary N) is 2. The number of hydrogen-bond donors (Lipinski definition) is 20. The number of carbonyl (C=O) groups excluding carboxylic acids is 12. The van der Waals surface area contributed by atoms with Crippen LogP contribution in [0, 0.1) is 0 Å². The molecule has 13 amide bonds. The van der Waals surface area contributed by atoms with Gasteiger partial charge in [-0.3, -0.25) is 72.7 Å². The van der Waals surface area contributed by atoms with Crippen molar-refractivity contribution in [1.82, 2.24) is 93.9 Å². The Hall–Kier alpha value is -14.0. The molecule has 8 aromatic rings. The van der Waals surface area contributed by atoms with Gasteiger partial charge in [0.1, 0.15) is 41.9 Å². The van der Waals surface area contributed by atoms with Crippen molar-refractivity contribution in [2.24, 2.45) is 11.5 Å². The van der Waals surface area contributed by atoms with Crippen LogP contribution >= 0.6 is 11.8 Å². The number of carboxylic acid groups (broad SMARTS) is 4. The van der Waals surface area contributed by atoms with Gasteiger partial charge in [-0.1, -0.05) is 114 Å². The van der Waals surface area contributed by atoms with E-state index in [2.05, 4.69) is 84.3 Å². The van der Waals surface area contributed by atoms with Crippen molar-refractivity contribution in [2.45, 2.75) is 131 Å². The number of fused-ring (bicyclic) bond motifs is 7. The molecule has 2 aliphatic rings. The number of carboxylic acids is 4. The van der Waals surface area contributed by atoms with E-state index >= 15 is 0 Å². The highest BCUT2D eigenvalue weighted by Gasteiger charge is 2.45. The highest BCUT2D eigenvalue weighted by atomic mass is 32.2. The van der Waals surface area contributed by atoms with Crippen molar-refractivity contribution >= 4 is 134 Å². The number of para-hydroxylation sites is 3. The Labute approximate surface area is 730 Å². The van der Waals surface area contributed by atoms with Gasteiger partial charge in [0.25, 0.3) is 0 Å². The van der Waals surface area contributed by atoms with Gasteiger partial charge in [0.2, 0.25) is 65.0 Å². The number of anilines is 1. The average molecular weight is 1770 g/mol. The first kappa shape index (κ1) is 95.2. The molecule has 1 fully saturated rings. The number of H-pyrrole nitrogens is 2. The summed E-state index contributed by atoms with van der Waals surface area (Å²) in [6.45, 7) is 0.119. The number of aliphatic carboxylic acids is 4. The van der Waals surface area contributed by atoms with Crippen LogP contribution in [0.4, 0.5) is 10.5 Å². The standard InChI is InChI=1S/C84H101N21O21S/c85-28-30-87-31-33-104-76-55-17-5-4-14-49(55)46-103(64-21-11-8-18-56(64)75(76)101-102-104)71(110)26-29-88-67(106)27-34-126-35-32-89-80(119)65(41-86)105-72(111)40-66(81(105)120)127-47-63(83(123)124)96-70(109)45-92-77(116)60(37-50-42-90-57-19-9-6-15-53(50)57)97-79(118)61(38-51-43-91-58-20-10-7-16-54(51)58)95-69(108)44-93-78(117)62(36-48-12-2-1-3-13-48)99-100-68(107)24-22-52(39-74(114)115)94-84(125)98-59(82(121)122)23-25-73(112)113/h1-21,42-43,52,59-63,65-66,87,90-91,99H,22-41,44-47,85-86H2,(H,88,106)(H,89,119)(H,92,116)(H,93,117)(H,95,108)(H,96,109)(H,97,118)(H,100,107)(H,112,113)(H,114,115)(H,121,122)(H,123,124)(H2,94,98,125)/t52-,59-,60?,61?,62?,63?,65+,66?/m0/s1. The second-order valence-corrected chi connectivity index (χ2v) is 31.0. The number of amides is 13. The van der Waals surface area contributed by atoms with Gasteiger partial charge in [-0.05, 0) is 59.7 Å². The van der Waals surface area contributed by atoms with Crippen LogP contribution < -0.4 is 80.4 Å². The fraction of sp³-hybridized carbons (Fsp3) is 0.381. The Balaban J connectivity index is 0.694. The number of likely N-dealkylation sites (tertiary alicyclic amines) is 1. The number of thioether (sulfide) groups is 1. The molecule has 22 N–H and O–H groups in total. The maximum atomic E-state index is 14.9. The van der Waals surface area contributed by atoms with E-state index in [1.54, 1.807) is 96.2 Å². The predicted octanol–water partition coefficient (Wildman–Crippen LogP) is -1.08. The Morgan fingerprint density at radius 2 is 1.17 bits per heavy atom. The van der Waals surface area contributed by atoms with E-state index in [1.165, 1.54) is 0 Å². The van der Waals surface area contributed by atoms with Gasteiger partial charge in [0.15, 0.2) is 0 Å². The Bertz CT molecular complexity index is 5300. The molecule has 42 nitrogen and oxygen atoms in total. The minimum atomic E-state index is -1.72. The molecule has 1 saturated heterocycles. The zero-order chi connectivity index (χ0) is 91.1.